The number of nitrogens with zero attached hydrogens (tertiary/aromatic N) is 3. The van der Waals surface area contributed by atoms with Crippen LogP contribution in [0.15, 0.2) is 115 Å². The van der Waals surface area contributed by atoms with Gasteiger partial charge in [0.1, 0.15) is 17.5 Å². The van der Waals surface area contributed by atoms with Crippen LogP contribution in [0.4, 0.5) is 0 Å². The van der Waals surface area contributed by atoms with Crippen molar-refractivity contribution in [2.45, 2.75) is 45.2 Å². The zero-order valence-corrected chi connectivity index (χ0v) is 26.6. The van der Waals surface area contributed by atoms with Gasteiger partial charge in [-0.1, -0.05) is 93.6 Å². The van der Waals surface area contributed by atoms with Gasteiger partial charge in [-0.2, -0.15) is 5.10 Å². The van der Waals surface area contributed by atoms with E-state index in [-0.39, 0.29) is 17.6 Å². The van der Waals surface area contributed by atoms with Crippen molar-refractivity contribution in [3.8, 4) is 28.4 Å². The molecule has 236 valence electrons. The molecule has 2 aromatic heterocycles. The molecule has 8 heteroatoms. The Balaban J connectivity index is 1.33. The second-order valence-corrected chi connectivity index (χ2v) is 12.8. The zero-order chi connectivity index (χ0) is 33.1. The van der Waals surface area contributed by atoms with Crippen molar-refractivity contribution in [1.29, 1.82) is 0 Å². The molecule has 0 saturated carbocycles. The Labute approximate surface area is 273 Å². The number of phenols is 1. The van der Waals surface area contributed by atoms with E-state index in [1.54, 1.807) is 24.3 Å². The lowest BCUT2D eigenvalue weighted by Gasteiger charge is -2.19. The maximum atomic E-state index is 13.4. The van der Waals surface area contributed by atoms with Crippen LogP contribution in [0.25, 0.3) is 33.4 Å². The maximum absolute atomic E-state index is 13.4. The minimum atomic E-state index is -0.928. The number of pyridine rings is 1. The summed E-state index contributed by atoms with van der Waals surface area (Å²) in [4.78, 5) is 30.4. The highest BCUT2D eigenvalue weighted by Crippen LogP contribution is 2.29. The first-order valence-electron chi connectivity index (χ1n) is 15.5. The summed E-state index contributed by atoms with van der Waals surface area (Å²) in [5.74, 6) is -0.953. The van der Waals surface area contributed by atoms with Crippen molar-refractivity contribution in [3.05, 3.63) is 138 Å². The Kier molecular flexibility index (Phi) is 8.59. The van der Waals surface area contributed by atoms with Gasteiger partial charge in [0.2, 0.25) is 5.91 Å². The van der Waals surface area contributed by atoms with Gasteiger partial charge < -0.3 is 16.2 Å². The van der Waals surface area contributed by atoms with E-state index in [9.17, 15) is 14.7 Å². The number of phenolic OH excluding ortho intramolecular Hbond substituents is 1. The number of aromatic hydroxyl groups is 1. The van der Waals surface area contributed by atoms with E-state index in [2.05, 4.69) is 56.4 Å². The standard InChI is InChI=1S/C39H37N5O3/c1-39(2,3)31-15-11-26(12-16-31)24-44-36(22-34(43-44)33-21-27-7-4-5-8-30(27)23-41-33)28-9-6-10-29(20-28)38(47)42-35(37(40)46)19-25-13-17-32(45)18-14-25/h4-18,20-23,35,45H,19,24H2,1-3H3,(H2,40,46)(H,42,47). The van der Waals surface area contributed by atoms with E-state index in [0.717, 1.165) is 44.5 Å². The number of aromatic nitrogens is 3. The third kappa shape index (κ3) is 7.23. The number of nitrogens with two attached hydrogens (primary N) is 1. The van der Waals surface area contributed by atoms with Gasteiger partial charge in [-0.3, -0.25) is 19.3 Å². The van der Waals surface area contributed by atoms with Crippen LogP contribution in [0.3, 0.4) is 0 Å². The van der Waals surface area contributed by atoms with Crippen LogP contribution in [0.2, 0.25) is 0 Å². The summed E-state index contributed by atoms with van der Waals surface area (Å²) in [6, 6.07) is 33.4. The Morgan fingerprint density at radius 1 is 0.830 bits per heavy atom. The summed E-state index contributed by atoms with van der Waals surface area (Å²) in [6.07, 6.45) is 2.05. The highest BCUT2D eigenvalue weighted by molar-refractivity contribution is 5.98. The van der Waals surface area contributed by atoms with Crippen molar-refractivity contribution < 1.29 is 14.7 Å². The fraction of sp³-hybridized carbons (Fsp3) is 0.179. The first kappa shape index (κ1) is 31.2. The molecular formula is C39H37N5O3. The number of primary amides is 1. The van der Waals surface area contributed by atoms with E-state index in [1.807, 2.05) is 53.3 Å². The first-order valence-corrected chi connectivity index (χ1v) is 15.5. The molecule has 0 aliphatic carbocycles. The fourth-order valence-electron chi connectivity index (χ4n) is 5.55. The number of rotatable bonds is 9. The molecule has 8 nitrogen and oxygen atoms in total. The van der Waals surface area contributed by atoms with Crippen LogP contribution in [-0.4, -0.2) is 37.7 Å². The number of carbonyl (C=O) groups is 2. The minimum Gasteiger partial charge on any atom is -0.508 e. The van der Waals surface area contributed by atoms with Gasteiger partial charge in [-0.15, -0.1) is 0 Å². The molecule has 0 aliphatic rings. The monoisotopic (exact) mass is 623 g/mol. The molecule has 0 bridgehead atoms. The summed E-state index contributed by atoms with van der Waals surface area (Å²) in [5.41, 5.74) is 12.3. The predicted octanol–water partition coefficient (Wildman–Crippen LogP) is 6.64. The van der Waals surface area contributed by atoms with Crippen molar-refractivity contribution >= 4 is 22.6 Å². The number of nitrogens with one attached hydrogen (secondary N) is 1. The van der Waals surface area contributed by atoms with Crippen molar-refractivity contribution in [2.24, 2.45) is 5.73 Å². The van der Waals surface area contributed by atoms with E-state index < -0.39 is 17.9 Å². The third-order valence-corrected chi connectivity index (χ3v) is 8.27. The highest BCUT2D eigenvalue weighted by atomic mass is 16.3. The van der Waals surface area contributed by atoms with Gasteiger partial charge in [0.25, 0.3) is 5.91 Å². The summed E-state index contributed by atoms with van der Waals surface area (Å²) < 4.78 is 1.94. The Morgan fingerprint density at radius 2 is 1.53 bits per heavy atom. The second kappa shape index (κ2) is 12.9. The average molecular weight is 624 g/mol. The summed E-state index contributed by atoms with van der Waals surface area (Å²) in [6.45, 7) is 7.09. The molecule has 6 rings (SSSR count). The van der Waals surface area contributed by atoms with Gasteiger partial charge in [0.15, 0.2) is 0 Å². The molecule has 2 heterocycles. The maximum Gasteiger partial charge on any atom is 0.251 e. The smallest absolute Gasteiger partial charge is 0.251 e. The molecule has 1 unspecified atom stereocenters. The Bertz CT molecular complexity index is 2060. The van der Waals surface area contributed by atoms with E-state index in [4.69, 9.17) is 15.8 Å². The van der Waals surface area contributed by atoms with E-state index in [1.165, 1.54) is 17.7 Å². The second-order valence-electron chi connectivity index (χ2n) is 12.8. The minimum absolute atomic E-state index is 0.0445. The predicted molar refractivity (Wildman–Crippen MR) is 185 cm³/mol. The zero-order valence-electron chi connectivity index (χ0n) is 26.6. The van der Waals surface area contributed by atoms with Gasteiger partial charge in [-0.25, -0.2) is 0 Å². The van der Waals surface area contributed by atoms with Gasteiger partial charge in [-0.05, 0) is 63.9 Å². The number of fused-ring (bicyclic) bond motifs is 1. The Hall–Kier alpha value is -5.76. The highest BCUT2D eigenvalue weighted by Gasteiger charge is 2.21. The summed E-state index contributed by atoms with van der Waals surface area (Å²) in [5, 5.41) is 19.5. The number of hydrogen-bond donors (Lipinski definition) is 3. The van der Waals surface area contributed by atoms with Crippen molar-refractivity contribution in [2.75, 3.05) is 0 Å². The summed E-state index contributed by atoms with van der Waals surface area (Å²) in [7, 11) is 0. The number of benzene rings is 4. The number of amides is 2. The molecule has 0 fully saturated rings. The fourth-order valence-corrected chi connectivity index (χ4v) is 5.55. The van der Waals surface area contributed by atoms with Crippen LogP contribution < -0.4 is 11.1 Å². The number of hydrogen-bond acceptors (Lipinski definition) is 5. The van der Waals surface area contributed by atoms with Crippen molar-refractivity contribution in [3.63, 3.8) is 0 Å². The Morgan fingerprint density at radius 3 is 2.23 bits per heavy atom. The van der Waals surface area contributed by atoms with Crippen molar-refractivity contribution in [1.82, 2.24) is 20.1 Å². The topological polar surface area (TPSA) is 123 Å². The molecule has 6 aromatic rings. The third-order valence-electron chi connectivity index (χ3n) is 8.27. The molecule has 2 amide bonds. The molecule has 1 atom stereocenters. The van der Waals surface area contributed by atoms with Crippen LogP contribution in [-0.2, 0) is 23.2 Å². The van der Waals surface area contributed by atoms with E-state index >= 15 is 0 Å². The molecule has 4 N–H and O–H groups in total. The van der Waals surface area contributed by atoms with Gasteiger partial charge in [0, 0.05) is 29.1 Å². The van der Waals surface area contributed by atoms with Crippen LogP contribution in [0.1, 0.15) is 47.8 Å². The quantitative estimate of drug-likeness (QED) is 0.167. The molecule has 0 saturated heterocycles. The lowest BCUT2D eigenvalue weighted by atomic mass is 9.87. The molecular weight excluding hydrogens is 586 g/mol. The van der Waals surface area contributed by atoms with Crippen LogP contribution in [0, 0.1) is 0 Å². The SMILES string of the molecule is CC(C)(C)c1ccc(Cn2nc(-c3cc4ccccc4cn3)cc2-c2cccc(C(=O)NC(Cc3ccc(O)cc3)C(N)=O)c2)cc1. The normalized spacial score (nSPS) is 12.1. The molecule has 0 spiro atoms. The molecule has 0 aliphatic heterocycles. The molecule has 4 aromatic carbocycles. The largest absolute Gasteiger partial charge is 0.508 e. The molecule has 47 heavy (non-hydrogen) atoms. The number of carbonyl (C=O) groups excluding carboxylic acids is 2. The van der Waals surface area contributed by atoms with E-state index in [0.29, 0.717) is 12.1 Å². The molecule has 0 radical (unpaired) electrons. The first-order chi connectivity index (χ1) is 22.5. The average Bonchev–Trinajstić information content (AvgIpc) is 3.48. The van der Waals surface area contributed by atoms with Crippen LogP contribution in [0.5, 0.6) is 5.75 Å². The lowest BCUT2D eigenvalue weighted by Crippen LogP contribution is -2.45. The lowest BCUT2D eigenvalue weighted by molar-refractivity contribution is -0.119. The van der Waals surface area contributed by atoms with Gasteiger partial charge in [0.05, 0.1) is 17.9 Å². The van der Waals surface area contributed by atoms with Gasteiger partial charge >= 0.3 is 0 Å². The van der Waals surface area contributed by atoms with Crippen LogP contribution >= 0.6 is 0 Å². The summed E-state index contributed by atoms with van der Waals surface area (Å²) >= 11 is 0.